The van der Waals surface area contributed by atoms with Crippen LogP contribution in [-0.4, -0.2) is 23.0 Å². The van der Waals surface area contributed by atoms with Gasteiger partial charge in [-0.25, -0.2) is 9.78 Å². The fraction of sp³-hybridized carbons (Fsp3) is 0.176. The molecule has 0 spiro atoms. The smallest absolute Gasteiger partial charge is 0.321 e. The SMILES string of the molecule is CCc1cccc(Oc2ccc3nc(NC(=O)NC)[nH]c3c2)c1. The first-order valence-electron chi connectivity index (χ1n) is 7.43. The number of benzene rings is 2. The Morgan fingerprint density at radius 3 is 2.83 bits per heavy atom. The summed E-state index contributed by atoms with van der Waals surface area (Å²) in [7, 11) is 1.55. The monoisotopic (exact) mass is 310 g/mol. The van der Waals surface area contributed by atoms with Crippen LogP contribution < -0.4 is 15.4 Å². The van der Waals surface area contributed by atoms with Crippen LogP contribution in [-0.2, 0) is 6.42 Å². The summed E-state index contributed by atoms with van der Waals surface area (Å²) in [6, 6.07) is 13.2. The van der Waals surface area contributed by atoms with E-state index in [4.69, 9.17) is 4.74 Å². The molecule has 0 aliphatic rings. The maximum atomic E-state index is 11.3. The van der Waals surface area contributed by atoms with Gasteiger partial charge in [-0.3, -0.25) is 5.32 Å². The van der Waals surface area contributed by atoms with Gasteiger partial charge in [0.15, 0.2) is 0 Å². The number of nitrogens with one attached hydrogen (secondary N) is 3. The van der Waals surface area contributed by atoms with E-state index >= 15 is 0 Å². The molecule has 6 heteroatoms. The first kappa shape index (κ1) is 14.9. The number of imidazole rings is 1. The Kier molecular flexibility index (Phi) is 4.14. The van der Waals surface area contributed by atoms with Gasteiger partial charge in [-0.05, 0) is 36.2 Å². The highest BCUT2D eigenvalue weighted by molar-refractivity contribution is 5.89. The quantitative estimate of drug-likeness (QED) is 0.688. The minimum absolute atomic E-state index is 0.322. The van der Waals surface area contributed by atoms with Gasteiger partial charge in [-0.1, -0.05) is 19.1 Å². The summed E-state index contributed by atoms with van der Waals surface area (Å²) in [5.41, 5.74) is 2.77. The van der Waals surface area contributed by atoms with E-state index in [9.17, 15) is 4.79 Å². The molecule has 1 aromatic heterocycles. The Labute approximate surface area is 133 Å². The van der Waals surface area contributed by atoms with E-state index in [1.165, 1.54) is 5.56 Å². The molecule has 1 heterocycles. The number of ether oxygens (including phenoxy) is 1. The van der Waals surface area contributed by atoms with Gasteiger partial charge in [0.05, 0.1) is 11.0 Å². The van der Waals surface area contributed by atoms with Crippen molar-refractivity contribution < 1.29 is 9.53 Å². The zero-order valence-corrected chi connectivity index (χ0v) is 13.0. The van der Waals surface area contributed by atoms with Gasteiger partial charge in [0.25, 0.3) is 0 Å². The third-order valence-electron chi connectivity index (χ3n) is 3.45. The van der Waals surface area contributed by atoms with Crippen molar-refractivity contribution in [3.05, 3.63) is 48.0 Å². The number of anilines is 1. The number of aromatic amines is 1. The molecule has 0 aliphatic carbocycles. The van der Waals surface area contributed by atoms with Crippen molar-refractivity contribution in [2.45, 2.75) is 13.3 Å². The maximum absolute atomic E-state index is 11.3. The molecule has 0 atom stereocenters. The number of carbonyl (C=O) groups is 1. The Hall–Kier alpha value is -3.02. The summed E-state index contributed by atoms with van der Waals surface area (Å²) in [6.45, 7) is 2.11. The highest BCUT2D eigenvalue weighted by atomic mass is 16.5. The summed E-state index contributed by atoms with van der Waals surface area (Å²) in [5.74, 6) is 1.90. The van der Waals surface area contributed by atoms with Crippen molar-refractivity contribution in [1.82, 2.24) is 15.3 Å². The Morgan fingerprint density at radius 2 is 2.04 bits per heavy atom. The van der Waals surface area contributed by atoms with Crippen LogP contribution in [0.5, 0.6) is 11.5 Å². The van der Waals surface area contributed by atoms with E-state index in [1.807, 2.05) is 36.4 Å². The van der Waals surface area contributed by atoms with Crippen LogP contribution in [0.15, 0.2) is 42.5 Å². The van der Waals surface area contributed by atoms with Crippen molar-refractivity contribution in [2.75, 3.05) is 12.4 Å². The first-order valence-corrected chi connectivity index (χ1v) is 7.43. The van der Waals surface area contributed by atoms with E-state index in [2.05, 4.69) is 33.6 Å². The lowest BCUT2D eigenvalue weighted by Gasteiger charge is -2.06. The zero-order chi connectivity index (χ0) is 16.2. The van der Waals surface area contributed by atoms with Gasteiger partial charge in [-0.15, -0.1) is 0 Å². The van der Waals surface area contributed by atoms with Gasteiger partial charge in [0, 0.05) is 13.1 Å². The number of amides is 2. The van der Waals surface area contributed by atoms with Crippen LogP contribution in [0.25, 0.3) is 11.0 Å². The van der Waals surface area contributed by atoms with Gasteiger partial charge in [-0.2, -0.15) is 0 Å². The third kappa shape index (κ3) is 3.42. The standard InChI is InChI=1S/C17H18N4O2/c1-3-11-5-4-6-12(9-11)23-13-7-8-14-15(10-13)20-16(19-14)21-17(22)18-2/h4-10H,3H2,1-2H3,(H3,18,19,20,21,22). The number of H-pyrrole nitrogens is 1. The van der Waals surface area contributed by atoms with E-state index < -0.39 is 0 Å². The van der Waals surface area contributed by atoms with Crippen LogP contribution >= 0.6 is 0 Å². The predicted molar refractivity (Wildman–Crippen MR) is 90.1 cm³/mol. The van der Waals surface area contributed by atoms with Crippen molar-refractivity contribution >= 4 is 23.0 Å². The number of fused-ring (bicyclic) bond motifs is 1. The molecule has 3 rings (SSSR count). The molecule has 23 heavy (non-hydrogen) atoms. The lowest BCUT2D eigenvalue weighted by molar-refractivity contribution is 0.254. The van der Waals surface area contributed by atoms with Gasteiger partial charge < -0.3 is 15.0 Å². The van der Waals surface area contributed by atoms with Crippen molar-refractivity contribution in [2.24, 2.45) is 0 Å². The molecule has 2 aromatic carbocycles. The maximum Gasteiger partial charge on any atom is 0.321 e. The molecule has 3 aromatic rings. The second-order valence-corrected chi connectivity index (χ2v) is 5.07. The zero-order valence-electron chi connectivity index (χ0n) is 13.0. The molecule has 0 saturated carbocycles. The number of aryl methyl sites for hydroxylation is 1. The number of urea groups is 1. The summed E-state index contributed by atoms with van der Waals surface area (Å²) in [5, 5.41) is 5.09. The van der Waals surface area contributed by atoms with Crippen molar-refractivity contribution in [3.8, 4) is 11.5 Å². The molecule has 0 aliphatic heterocycles. The molecule has 0 saturated heterocycles. The fourth-order valence-corrected chi connectivity index (χ4v) is 2.25. The molecule has 3 N–H and O–H groups in total. The Bertz CT molecular complexity index is 841. The van der Waals surface area contributed by atoms with Crippen molar-refractivity contribution in [1.29, 1.82) is 0 Å². The molecule has 0 fully saturated rings. The largest absolute Gasteiger partial charge is 0.457 e. The Balaban J connectivity index is 1.83. The van der Waals surface area contributed by atoms with Crippen LogP contribution in [0.1, 0.15) is 12.5 Å². The van der Waals surface area contributed by atoms with E-state index in [1.54, 1.807) is 7.05 Å². The van der Waals surface area contributed by atoms with Crippen molar-refractivity contribution in [3.63, 3.8) is 0 Å². The first-order chi connectivity index (χ1) is 11.2. The minimum Gasteiger partial charge on any atom is -0.457 e. The average molecular weight is 310 g/mol. The summed E-state index contributed by atoms with van der Waals surface area (Å²) in [4.78, 5) is 18.7. The van der Waals surface area contributed by atoms with Gasteiger partial charge in [0.2, 0.25) is 5.95 Å². The van der Waals surface area contributed by atoms with E-state index in [0.29, 0.717) is 11.7 Å². The second kappa shape index (κ2) is 6.39. The molecule has 0 radical (unpaired) electrons. The number of nitrogens with zero attached hydrogens (tertiary/aromatic N) is 1. The average Bonchev–Trinajstić information content (AvgIpc) is 2.96. The number of aromatic nitrogens is 2. The third-order valence-corrected chi connectivity index (χ3v) is 3.45. The molecular formula is C17H18N4O2. The van der Waals surface area contributed by atoms with Crippen LogP contribution in [0.4, 0.5) is 10.7 Å². The molecule has 2 amide bonds. The molecular weight excluding hydrogens is 292 g/mol. The van der Waals surface area contributed by atoms with E-state index in [0.717, 1.165) is 23.2 Å². The van der Waals surface area contributed by atoms with Crippen LogP contribution in [0.3, 0.4) is 0 Å². The van der Waals surface area contributed by atoms with Gasteiger partial charge in [0.1, 0.15) is 11.5 Å². The van der Waals surface area contributed by atoms with Gasteiger partial charge >= 0.3 is 6.03 Å². The predicted octanol–water partition coefficient (Wildman–Crippen LogP) is 3.67. The summed E-state index contributed by atoms with van der Waals surface area (Å²) >= 11 is 0. The lowest BCUT2D eigenvalue weighted by Crippen LogP contribution is -2.24. The summed E-state index contributed by atoms with van der Waals surface area (Å²) in [6.07, 6.45) is 0.964. The number of hydrogen-bond donors (Lipinski definition) is 3. The highest BCUT2D eigenvalue weighted by Gasteiger charge is 2.07. The van der Waals surface area contributed by atoms with E-state index in [-0.39, 0.29) is 6.03 Å². The molecule has 0 unspecified atom stereocenters. The van der Waals surface area contributed by atoms with Crippen LogP contribution in [0.2, 0.25) is 0 Å². The highest BCUT2D eigenvalue weighted by Crippen LogP contribution is 2.26. The fourth-order valence-electron chi connectivity index (χ4n) is 2.25. The minimum atomic E-state index is -0.322. The number of hydrogen-bond acceptors (Lipinski definition) is 3. The molecule has 118 valence electrons. The number of carbonyl (C=O) groups excluding carboxylic acids is 1. The second-order valence-electron chi connectivity index (χ2n) is 5.07. The van der Waals surface area contributed by atoms with Crippen LogP contribution in [0, 0.1) is 0 Å². The number of rotatable bonds is 4. The normalized spacial score (nSPS) is 10.5. The molecule has 6 nitrogen and oxygen atoms in total. The topological polar surface area (TPSA) is 79.0 Å². The molecule has 0 bridgehead atoms. The Morgan fingerprint density at radius 1 is 1.22 bits per heavy atom. The lowest BCUT2D eigenvalue weighted by atomic mass is 10.2. The summed E-state index contributed by atoms with van der Waals surface area (Å²) < 4.78 is 5.89.